The van der Waals surface area contributed by atoms with Crippen molar-refractivity contribution in [2.24, 2.45) is 0 Å². The zero-order valence-corrected chi connectivity index (χ0v) is 12.6. The van der Waals surface area contributed by atoms with Gasteiger partial charge in [-0.2, -0.15) is 13.2 Å². The molecule has 108 valence electrons. The number of rotatable bonds is 6. The summed E-state index contributed by atoms with van der Waals surface area (Å²) in [6.07, 6.45) is -4.15. The Kier molecular flexibility index (Phi) is 6.13. The molecule has 6 heteroatoms. The Morgan fingerprint density at radius 1 is 1.21 bits per heavy atom. The summed E-state index contributed by atoms with van der Waals surface area (Å²) in [4.78, 5) is 1.41. The van der Waals surface area contributed by atoms with Gasteiger partial charge in [-0.05, 0) is 38.1 Å². The lowest BCUT2D eigenvalue weighted by atomic mass is 10.3. The van der Waals surface area contributed by atoms with Crippen LogP contribution in [0.1, 0.15) is 13.8 Å². The van der Waals surface area contributed by atoms with Crippen LogP contribution in [0.3, 0.4) is 0 Å². The largest absolute Gasteiger partial charge is 0.401 e. The first-order chi connectivity index (χ1) is 8.78. The lowest BCUT2D eigenvalue weighted by Crippen LogP contribution is -2.41. The van der Waals surface area contributed by atoms with Crippen LogP contribution in [0.15, 0.2) is 28.7 Å². The van der Waals surface area contributed by atoms with Gasteiger partial charge in [0, 0.05) is 29.3 Å². The molecule has 0 saturated carbocycles. The molecule has 0 unspecified atom stereocenters. The van der Waals surface area contributed by atoms with E-state index in [-0.39, 0.29) is 6.04 Å². The molecule has 2 nitrogen and oxygen atoms in total. The van der Waals surface area contributed by atoms with E-state index in [1.807, 2.05) is 24.3 Å². The summed E-state index contributed by atoms with van der Waals surface area (Å²) >= 11 is 3.33. The fourth-order valence-electron chi connectivity index (χ4n) is 1.66. The highest BCUT2D eigenvalue weighted by atomic mass is 79.9. The molecule has 19 heavy (non-hydrogen) atoms. The maximum Gasteiger partial charge on any atom is 0.401 e. The second-order valence-corrected chi connectivity index (χ2v) is 5.53. The van der Waals surface area contributed by atoms with Crippen LogP contribution in [0.25, 0.3) is 0 Å². The molecule has 0 bridgehead atoms. The molecular formula is C13H18BrF3N2. The number of halogens is 4. The van der Waals surface area contributed by atoms with Crippen molar-refractivity contribution in [3.05, 3.63) is 28.7 Å². The SMILES string of the molecule is CC(C)N(CCNc1ccc(Br)cc1)CC(F)(F)F. The van der Waals surface area contributed by atoms with Crippen LogP contribution >= 0.6 is 15.9 Å². The van der Waals surface area contributed by atoms with Crippen molar-refractivity contribution in [1.82, 2.24) is 4.90 Å². The van der Waals surface area contributed by atoms with E-state index in [2.05, 4.69) is 21.2 Å². The summed E-state index contributed by atoms with van der Waals surface area (Å²) < 4.78 is 38.2. The first-order valence-electron chi connectivity index (χ1n) is 6.08. The number of hydrogen-bond acceptors (Lipinski definition) is 2. The van der Waals surface area contributed by atoms with Crippen LogP contribution in [-0.2, 0) is 0 Å². The third-order valence-corrected chi connectivity index (χ3v) is 3.21. The molecule has 0 amide bonds. The first-order valence-corrected chi connectivity index (χ1v) is 6.87. The molecule has 1 N–H and O–H groups in total. The molecule has 0 radical (unpaired) electrons. The zero-order valence-electron chi connectivity index (χ0n) is 11.0. The summed E-state index contributed by atoms with van der Waals surface area (Å²) in [6.45, 7) is 3.51. The highest BCUT2D eigenvalue weighted by Crippen LogP contribution is 2.18. The summed E-state index contributed by atoms with van der Waals surface area (Å²) in [5, 5.41) is 3.11. The Hall–Kier alpha value is -0.750. The Morgan fingerprint density at radius 3 is 2.26 bits per heavy atom. The Labute approximate surface area is 120 Å². The summed E-state index contributed by atoms with van der Waals surface area (Å²) in [6, 6.07) is 7.41. The number of hydrogen-bond donors (Lipinski definition) is 1. The number of nitrogens with zero attached hydrogens (tertiary/aromatic N) is 1. The molecule has 1 aromatic carbocycles. The number of nitrogens with one attached hydrogen (secondary N) is 1. The fourth-order valence-corrected chi connectivity index (χ4v) is 1.93. The van der Waals surface area contributed by atoms with Gasteiger partial charge in [0.2, 0.25) is 0 Å². The Bertz CT molecular complexity index is 376. The van der Waals surface area contributed by atoms with Crippen LogP contribution in [0, 0.1) is 0 Å². The van der Waals surface area contributed by atoms with Gasteiger partial charge in [-0.25, -0.2) is 0 Å². The van der Waals surface area contributed by atoms with Gasteiger partial charge < -0.3 is 5.32 Å². The maximum absolute atomic E-state index is 12.4. The third kappa shape index (κ3) is 6.82. The van der Waals surface area contributed by atoms with E-state index in [9.17, 15) is 13.2 Å². The topological polar surface area (TPSA) is 15.3 Å². The van der Waals surface area contributed by atoms with Crippen molar-refractivity contribution in [3.63, 3.8) is 0 Å². The smallest absolute Gasteiger partial charge is 0.384 e. The van der Waals surface area contributed by atoms with E-state index in [0.29, 0.717) is 13.1 Å². The van der Waals surface area contributed by atoms with E-state index in [1.165, 1.54) is 4.90 Å². The minimum atomic E-state index is -4.15. The van der Waals surface area contributed by atoms with E-state index < -0.39 is 12.7 Å². The van der Waals surface area contributed by atoms with Crippen LogP contribution in [0.2, 0.25) is 0 Å². The van der Waals surface area contributed by atoms with Crippen LogP contribution < -0.4 is 5.32 Å². The normalized spacial score (nSPS) is 12.2. The van der Waals surface area contributed by atoms with Gasteiger partial charge in [0.1, 0.15) is 0 Å². The lowest BCUT2D eigenvalue weighted by Gasteiger charge is -2.27. The number of alkyl halides is 3. The second-order valence-electron chi connectivity index (χ2n) is 4.61. The average molecular weight is 339 g/mol. The average Bonchev–Trinajstić information content (AvgIpc) is 2.28. The molecule has 0 spiro atoms. The minimum Gasteiger partial charge on any atom is -0.384 e. The van der Waals surface area contributed by atoms with Crippen molar-refractivity contribution >= 4 is 21.6 Å². The highest BCUT2D eigenvalue weighted by Gasteiger charge is 2.31. The molecule has 1 rings (SSSR count). The maximum atomic E-state index is 12.4. The second kappa shape index (κ2) is 7.14. The predicted molar refractivity (Wildman–Crippen MR) is 75.4 cm³/mol. The van der Waals surface area contributed by atoms with Crippen molar-refractivity contribution in [2.75, 3.05) is 25.0 Å². The van der Waals surface area contributed by atoms with Crippen LogP contribution in [0.4, 0.5) is 18.9 Å². The zero-order chi connectivity index (χ0) is 14.5. The fraction of sp³-hybridized carbons (Fsp3) is 0.538. The molecule has 0 aromatic heterocycles. The summed E-state index contributed by atoms with van der Waals surface area (Å²) in [5.41, 5.74) is 0.902. The monoisotopic (exact) mass is 338 g/mol. The van der Waals surface area contributed by atoms with E-state index in [1.54, 1.807) is 13.8 Å². The number of benzene rings is 1. The van der Waals surface area contributed by atoms with Gasteiger partial charge in [0.15, 0.2) is 0 Å². The third-order valence-electron chi connectivity index (χ3n) is 2.69. The Morgan fingerprint density at radius 2 is 1.79 bits per heavy atom. The van der Waals surface area contributed by atoms with E-state index >= 15 is 0 Å². The van der Waals surface area contributed by atoms with Crippen molar-refractivity contribution in [1.29, 1.82) is 0 Å². The van der Waals surface area contributed by atoms with Gasteiger partial charge in [-0.15, -0.1) is 0 Å². The molecule has 0 aliphatic heterocycles. The highest BCUT2D eigenvalue weighted by molar-refractivity contribution is 9.10. The van der Waals surface area contributed by atoms with Gasteiger partial charge >= 0.3 is 6.18 Å². The quantitative estimate of drug-likeness (QED) is 0.838. The first kappa shape index (κ1) is 16.3. The molecule has 0 aliphatic carbocycles. The van der Waals surface area contributed by atoms with Crippen LogP contribution in [0.5, 0.6) is 0 Å². The summed E-state index contributed by atoms with van der Waals surface area (Å²) in [5.74, 6) is 0. The van der Waals surface area contributed by atoms with Gasteiger partial charge in [-0.1, -0.05) is 15.9 Å². The molecular weight excluding hydrogens is 321 g/mol. The standard InChI is InChI=1S/C13H18BrF3N2/c1-10(2)19(9-13(15,16)17)8-7-18-12-5-3-11(14)4-6-12/h3-6,10,18H,7-9H2,1-2H3. The molecule has 0 fully saturated rings. The summed E-state index contributed by atoms with van der Waals surface area (Å²) in [7, 11) is 0. The van der Waals surface area contributed by atoms with Gasteiger partial charge in [0.25, 0.3) is 0 Å². The van der Waals surface area contributed by atoms with Crippen LogP contribution in [-0.4, -0.2) is 36.8 Å². The van der Waals surface area contributed by atoms with E-state index in [4.69, 9.17) is 0 Å². The van der Waals surface area contributed by atoms with Gasteiger partial charge in [0.05, 0.1) is 6.54 Å². The van der Waals surface area contributed by atoms with Gasteiger partial charge in [-0.3, -0.25) is 4.90 Å². The lowest BCUT2D eigenvalue weighted by molar-refractivity contribution is -0.149. The number of anilines is 1. The van der Waals surface area contributed by atoms with Crippen molar-refractivity contribution < 1.29 is 13.2 Å². The molecule has 1 aromatic rings. The minimum absolute atomic E-state index is 0.131. The molecule has 0 aliphatic rings. The van der Waals surface area contributed by atoms with Crippen molar-refractivity contribution in [2.45, 2.75) is 26.1 Å². The van der Waals surface area contributed by atoms with Crippen molar-refractivity contribution in [3.8, 4) is 0 Å². The molecule has 0 atom stereocenters. The molecule has 0 heterocycles. The Balaban J connectivity index is 2.42. The predicted octanol–water partition coefficient (Wildman–Crippen LogP) is 4.13. The van der Waals surface area contributed by atoms with E-state index in [0.717, 1.165) is 10.2 Å². The molecule has 0 saturated heterocycles.